The quantitative estimate of drug-likeness (QED) is 0.271. The topological polar surface area (TPSA) is 75.2 Å². The van der Waals surface area contributed by atoms with Crippen molar-refractivity contribution in [3.05, 3.63) is 29.8 Å². The summed E-state index contributed by atoms with van der Waals surface area (Å²) in [6.07, 6.45) is 1.10. The summed E-state index contributed by atoms with van der Waals surface area (Å²) >= 11 is 0. The van der Waals surface area contributed by atoms with Crippen LogP contribution in [0.5, 0.6) is 5.75 Å². The Bertz CT molecular complexity index is 574. The molecule has 1 heterocycles. The Labute approximate surface area is 172 Å². The van der Waals surface area contributed by atoms with Gasteiger partial charge in [0.25, 0.3) is 5.91 Å². The van der Waals surface area contributed by atoms with E-state index in [1.165, 1.54) is 0 Å². The zero-order valence-corrected chi connectivity index (χ0v) is 18.0. The first-order valence-corrected chi connectivity index (χ1v) is 8.55. The zero-order valence-electron chi connectivity index (χ0n) is 15.7. The minimum absolute atomic E-state index is 0. The molecule has 0 bridgehead atoms. The highest BCUT2D eigenvalue weighted by Crippen LogP contribution is 2.13. The Hall–Kier alpha value is -1.55. The monoisotopic (exact) mass is 476 g/mol. The Morgan fingerprint density at radius 2 is 2.00 bits per heavy atom. The molecule has 1 aromatic carbocycles. The van der Waals surface area contributed by atoms with Crippen molar-refractivity contribution in [2.24, 2.45) is 10.9 Å². The molecule has 1 unspecified atom stereocenters. The van der Waals surface area contributed by atoms with Crippen molar-refractivity contribution in [2.75, 3.05) is 54.1 Å². The lowest BCUT2D eigenvalue weighted by atomic mass is 10.1. The van der Waals surface area contributed by atoms with Crippen LogP contribution < -0.4 is 15.4 Å². The lowest BCUT2D eigenvalue weighted by Gasteiger charge is -2.24. The lowest BCUT2D eigenvalue weighted by Crippen LogP contribution is -2.44. The predicted molar refractivity (Wildman–Crippen MR) is 114 cm³/mol. The molecule has 1 aliphatic rings. The van der Waals surface area contributed by atoms with Crippen LogP contribution in [0.4, 0.5) is 0 Å². The molecule has 26 heavy (non-hydrogen) atoms. The van der Waals surface area contributed by atoms with Gasteiger partial charge in [-0.2, -0.15) is 0 Å². The van der Waals surface area contributed by atoms with Gasteiger partial charge in [-0.1, -0.05) is 0 Å². The van der Waals surface area contributed by atoms with Crippen LogP contribution in [0.1, 0.15) is 16.8 Å². The molecule has 0 spiro atoms. The van der Waals surface area contributed by atoms with Crippen molar-refractivity contribution in [3.63, 3.8) is 0 Å². The molecule has 0 aromatic heterocycles. The van der Waals surface area contributed by atoms with Gasteiger partial charge in [-0.25, -0.2) is 0 Å². The zero-order chi connectivity index (χ0) is 18.1. The van der Waals surface area contributed by atoms with Gasteiger partial charge in [0, 0.05) is 51.8 Å². The van der Waals surface area contributed by atoms with E-state index in [1.807, 2.05) is 7.05 Å². The highest BCUT2D eigenvalue weighted by Gasteiger charge is 2.18. The first-order chi connectivity index (χ1) is 12.1. The third kappa shape index (κ3) is 6.99. The van der Waals surface area contributed by atoms with Crippen LogP contribution in [-0.4, -0.2) is 70.8 Å². The Balaban J connectivity index is 0.00000338. The smallest absolute Gasteiger partial charge is 0.251 e. The van der Waals surface area contributed by atoms with Gasteiger partial charge < -0.3 is 25.0 Å². The largest absolute Gasteiger partial charge is 0.497 e. The number of rotatable bonds is 7. The number of benzene rings is 1. The van der Waals surface area contributed by atoms with E-state index in [0.717, 1.165) is 37.9 Å². The summed E-state index contributed by atoms with van der Waals surface area (Å²) in [4.78, 5) is 18.5. The number of hydrogen-bond acceptors (Lipinski definition) is 4. The molecule has 1 aliphatic heterocycles. The van der Waals surface area contributed by atoms with Gasteiger partial charge in [0.2, 0.25) is 0 Å². The van der Waals surface area contributed by atoms with Crippen LogP contribution in [0, 0.1) is 5.92 Å². The average molecular weight is 476 g/mol. The summed E-state index contributed by atoms with van der Waals surface area (Å²) in [6.45, 7) is 3.71. The minimum Gasteiger partial charge on any atom is -0.497 e. The normalized spacial score (nSPS) is 16.6. The van der Waals surface area contributed by atoms with E-state index in [4.69, 9.17) is 9.47 Å². The van der Waals surface area contributed by atoms with Crippen molar-refractivity contribution in [2.45, 2.75) is 6.42 Å². The molecule has 8 heteroatoms. The van der Waals surface area contributed by atoms with E-state index < -0.39 is 0 Å². The molecule has 1 saturated heterocycles. The Kier molecular flexibility index (Phi) is 10.3. The van der Waals surface area contributed by atoms with Crippen molar-refractivity contribution >= 4 is 35.8 Å². The number of carbonyl (C=O) groups excluding carboxylic acids is 1. The summed E-state index contributed by atoms with van der Waals surface area (Å²) in [5, 5.41) is 6.16. The molecule has 7 nitrogen and oxygen atoms in total. The third-order valence-corrected chi connectivity index (χ3v) is 4.18. The summed E-state index contributed by atoms with van der Waals surface area (Å²) in [5.41, 5.74) is 0.614. The summed E-state index contributed by atoms with van der Waals surface area (Å²) in [5.74, 6) is 2.01. The van der Waals surface area contributed by atoms with Gasteiger partial charge in [0.15, 0.2) is 5.96 Å². The van der Waals surface area contributed by atoms with E-state index in [-0.39, 0.29) is 29.9 Å². The van der Waals surface area contributed by atoms with E-state index in [1.54, 1.807) is 38.4 Å². The lowest BCUT2D eigenvalue weighted by molar-refractivity contribution is 0.0954. The van der Waals surface area contributed by atoms with Crippen LogP contribution in [0.25, 0.3) is 0 Å². The molecule has 0 aliphatic carbocycles. The van der Waals surface area contributed by atoms with Gasteiger partial charge in [-0.3, -0.25) is 9.79 Å². The van der Waals surface area contributed by atoms with Crippen LogP contribution in [-0.2, 0) is 4.74 Å². The second kappa shape index (κ2) is 11.9. The second-order valence-corrected chi connectivity index (χ2v) is 6.07. The van der Waals surface area contributed by atoms with Gasteiger partial charge in [-0.05, 0) is 30.7 Å². The maximum absolute atomic E-state index is 12.1. The third-order valence-electron chi connectivity index (χ3n) is 4.18. The molecular formula is C18H29IN4O3. The maximum Gasteiger partial charge on any atom is 0.251 e. The number of amides is 1. The molecule has 1 amide bonds. The SMILES string of the molecule is CN=C(NCCNC(=O)c1ccc(OC)cc1)N(C)CC1CCOC1.I. The summed E-state index contributed by atoms with van der Waals surface area (Å²) in [7, 11) is 5.38. The number of halogens is 1. The first-order valence-electron chi connectivity index (χ1n) is 8.55. The van der Waals surface area contributed by atoms with E-state index in [2.05, 4.69) is 20.5 Å². The Morgan fingerprint density at radius 3 is 2.58 bits per heavy atom. The average Bonchev–Trinajstić information content (AvgIpc) is 3.14. The molecular weight excluding hydrogens is 447 g/mol. The number of carbonyl (C=O) groups is 1. The summed E-state index contributed by atoms with van der Waals surface area (Å²) < 4.78 is 10.5. The molecule has 0 radical (unpaired) electrons. The highest BCUT2D eigenvalue weighted by atomic mass is 127. The molecule has 1 atom stereocenters. The van der Waals surface area contributed by atoms with Crippen LogP contribution in [0.2, 0.25) is 0 Å². The molecule has 146 valence electrons. The number of hydrogen-bond donors (Lipinski definition) is 2. The van der Waals surface area contributed by atoms with Crippen molar-refractivity contribution in [1.82, 2.24) is 15.5 Å². The molecule has 2 N–H and O–H groups in total. The number of aliphatic imine (C=N–C) groups is 1. The number of guanidine groups is 1. The second-order valence-electron chi connectivity index (χ2n) is 6.07. The molecule has 1 aromatic rings. The predicted octanol–water partition coefficient (Wildman–Crippen LogP) is 1.59. The fourth-order valence-electron chi connectivity index (χ4n) is 2.78. The van der Waals surface area contributed by atoms with Gasteiger partial charge in [0.05, 0.1) is 13.7 Å². The fraction of sp³-hybridized carbons (Fsp3) is 0.556. The van der Waals surface area contributed by atoms with Gasteiger partial charge >= 0.3 is 0 Å². The maximum atomic E-state index is 12.1. The van der Waals surface area contributed by atoms with E-state index >= 15 is 0 Å². The number of methoxy groups -OCH3 is 1. The van der Waals surface area contributed by atoms with Crippen LogP contribution >= 0.6 is 24.0 Å². The standard InChI is InChI=1S/C18H28N4O3.HI/c1-19-18(22(2)12-14-8-11-25-13-14)21-10-9-20-17(23)15-4-6-16(24-3)7-5-15;/h4-7,14H,8-13H2,1-3H3,(H,19,21)(H,20,23);1H. The van der Waals surface area contributed by atoms with Gasteiger partial charge in [-0.15, -0.1) is 24.0 Å². The van der Waals surface area contributed by atoms with Crippen LogP contribution in [0.15, 0.2) is 29.3 Å². The number of nitrogens with one attached hydrogen (secondary N) is 2. The molecule has 0 saturated carbocycles. The number of ether oxygens (including phenoxy) is 2. The minimum atomic E-state index is -0.101. The highest BCUT2D eigenvalue weighted by molar-refractivity contribution is 14.0. The molecule has 2 rings (SSSR count). The Morgan fingerprint density at radius 1 is 1.31 bits per heavy atom. The molecule has 1 fully saturated rings. The summed E-state index contributed by atoms with van der Waals surface area (Å²) in [6, 6.07) is 7.05. The fourth-order valence-corrected chi connectivity index (χ4v) is 2.78. The van der Waals surface area contributed by atoms with Crippen molar-refractivity contribution in [1.29, 1.82) is 0 Å². The number of nitrogens with zero attached hydrogens (tertiary/aromatic N) is 2. The van der Waals surface area contributed by atoms with Crippen molar-refractivity contribution in [3.8, 4) is 5.75 Å². The first kappa shape index (κ1) is 22.5. The van der Waals surface area contributed by atoms with Crippen molar-refractivity contribution < 1.29 is 14.3 Å². The van der Waals surface area contributed by atoms with E-state index in [0.29, 0.717) is 24.6 Å². The van der Waals surface area contributed by atoms with E-state index in [9.17, 15) is 4.79 Å². The van der Waals surface area contributed by atoms with Crippen LogP contribution in [0.3, 0.4) is 0 Å². The van der Waals surface area contributed by atoms with Gasteiger partial charge in [0.1, 0.15) is 5.75 Å².